The maximum Gasteiger partial charge on any atom is 0.409 e. The second kappa shape index (κ2) is 12.6. The van der Waals surface area contributed by atoms with Gasteiger partial charge in [0, 0.05) is 42.8 Å². The monoisotopic (exact) mass is 575 g/mol. The summed E-state index contributed by atoms with van der Waals surface area (Å²) >= 11 is 0. The Hall–Kier alpha value is -4.41. The molecule has 3 aromatic heterocycles. The number of aryl methyl sites for hydroxylation is 1. The minimum Gasteiger partial charge on any atom is -0.449 e. The molecule has 0 aliphatic carbocycles. The van der Waals surface area contributed by atoms with E-state index >= 15 is 4.39 Å². The molecule has 11 heteroatoms. The van der Waals surface area contributed by atoms with Gasteiger partial charge >= 0.3 is 6.09 Å². The average Bonchev–Trinajstić information content (AvgIpc) is 2.98. The number of rotatable bonds is 8. The molecule has 220 valence electrons. The van der Waals surface area contributed by atoms with E-state index in [0.717, 1.165) is 36.0 Å². The summed E-state index contributed by atoms with van der Waals surface area (Å²) in [5.74, 6) is -0.468. The van der Waals surface area contributed by atoms with Crippen molar-refractivity contribution < 1.29 is 18.3 Å². The van der Waals surface area contributed by atoms with Crippen LogP contribution < -0.4 is 10.2 Å². The molecule has 1 amide bonds. The number of aromatic nitrogens is 4. The predicted molar refractivity (Wildman–Crippen MR) is 159 cm³/mol. The fourth-order valence-electron chi connectivity index (χ4n) is 4.99. The molecule has 42 heavy (non-hydrogen) atoms. The fraction of sp³-hybridized carbons (Fsp3) is 0.387. The number of benzene rings is 1. The van der Waals surface area contributed by atoms with E-state index in [0.29, 0.717) is 49.6 Å². The number of amides is 1. The minimum atomic E-state index is -0.665. The molecule has 1 aliphatic heterocycles. The van der Waals surface area contributed by atoms with Crippen LogP contribution in [0.5, 0.6) is 0 Å². The van der Waals surface area contributed by atoms with Gasteiger partial charge in [-0.3, -0.25) is 4.98 Å². The molecule has 9 nitrogen and oxygen atoms in total. The number of halogens is 2. The highest BCUT2D eigenvalue weighted by Crippen LogP contribution is 2.32. The summed E-state index contributed by atoms with van der Waals surface area (Å²) in [5, 5.41) is 3.64. The van der Waals surface area contributed by atoms with E-state index in [-0.39, 0.29) is 29.2 Å². The Kier molecular flexibility index (Phi) is 8.75. The van der Waals surface area contributed by atoms with E-state index in [1.165, 1.54) is 6.07 Å². The van der Waals surface area contributed by atoms with Gasteiger partial charge in [-0.1, -0.05) is 27.2 Å². The molecule has 4 heterocycles. The topological polar surface area (TPSA) is 96.4 Å². The van der Waals surface area contributed by atoms with Crippen LogP contribution in [0.4, 0.5) is 31.0 Å². The molecule has 0 atom stereocenters. The molecular weight excluding hydrogens is 540 g/mol. The third kappa shape index (κ3) is 6.40. The zero-order valence-electron chi connectivity index (χ0n) is 24.3. The van der Waals surface area contributed by atoms with Crippen LogP contribution >= 0.6 is 0 Å². The third-order valence-corrected chi connectivity index (χ3v) is 7.28. The van der Waals surface area contributed by atoms with Gasteiger partial charge in [-0.25, -0.2) is 28.5 Å². The van der Waals surface area contributed by atoms with E-state index in [2.05, 4.69) is 37.1 Å². The number of nitrogens with one attached hydrogen (secondary N) is 1. The van der Waals surface area contributed by atoms with E-state index in [9.17, 15) is 9.18 Å². The standard InChI is InChI=1S/C31H35F2N7O2/c1-5-6-13-42-31(41)40-11-9-39(10-12-40)22-7-8-27(34-17-22)37-30-35-18-26(33)28(38-30)21-15-24-23(19(2)3)14-20(4)36-29(24)25(32)16-21/h7-8,14-19H,5-6,9-13H2,1-4H3,(H,34,35,37,38). The average molecular weight is 576 g/mol. The first-order valence-electron chi connectivity index (χ1n) is 14.3. The Morgan fingerprint density at radius 3 is 2.50 bits per heavy atom. The summed E-state index contributed by atoms with van der Waals surface area (Å²) in [4.78, 5) is 33.3. The summed E-state index contributed by atoms with van der Waals surface area (Å²) in [7, 11) is 0. The molecule has 0 bridgehead atoms. The number of unbranched alkanes of at least 4 members (excludes halogenated alkanes) is 1. The number of carbonyl (C=O) groups is 1. The molecule has 1 saturated heterocycles. The molecule has 1 N–H and O–H groups in total. The molecule has 0 radical (unpaired) electrons. The molecule has 1 fully saturated rings. The maximum absolute atomic E-state index is 15.2. The van der Waals surface area contributed by atoms with Crippen molar-refractivity contribution in [3.8, 4) is 11.3 Å². The molecule has 1 aliphatic rings. The third-order valence-electron chi connectivity index (χ3n) is 7.28. The number of anilines is 3. The van der Waals surface area contributed by atoms with Crippen molar-refractivity contribution in [2.75, 3.05) is 43.0 Å². The second-order valence-electron chi connectivity index (χ2n) is 10.7. The summed E-state index contributed by atoms with van der Waals surface area (Å²) in [6.45, 7) is 10.8. The van der Waals surface area contributed by atoms with Crippen molar-refractivity contribution in [1.29, 1.82) is 0 Å². The first-order chi connectivity index (χ1) is 20.2. The van der Waals surface area contributed by atoms with Gasteiger partial charge in [0.05, 0.1) is 24.7 Å². The first-order valence-corrected chi connectivity index (χ1v) is 14.3. The number of fused-ring (bicyclic) bond motifs is 1. The lowest BCUT2D eigenvalue weighted by molar-refractivity contribution is 0.0989. The van der Waals surface area contributed by atoms with E-state index < -0.39 is 11.6 Å². The molecular formula is C31H35F2N7O2. The van der Waals surface area contributed by atoms with Crippen molar-refractivity contribution in [3.63, 3.8) is 0 Å². The number of ether oxygens (including phenoxy) is 1. The Balaban J connectivity index is 1.29. The zero-order valence-corrected chi connectivity index (χ0v) is 24.3. The zero-order chi connectivity index (χ0) is 29.8. The number of piperazine rings is 1. The molecule has 1 aromatic carbocycles. The van der Waals surface area contributed by atoms with Crippen molar-refractivity contribution >= 4 is 34.4 Å². The summed E-state index contributed by atoms with van der Waals surface area (Å²) in [6.07, 6.45) is 4.36. The van der Waals surface area contributed by atoms with Crippen LogP contribution in [0.25, 0.3) is 22.2 Å². The second-order valence-corrected chi connectivity index (χ2v) is 10.7. The van der Waals surface area contributed by atoms with Gasteiger partial charge in [0.1, 0.15) is 22.8 Å². The lowest BCUT2D eigenvalue weighted by atomic mass is 9.95. The highest BCUT2D eigenvalue weighted by molar-refractivity contribution is 5.88. The number of pyridine rings is 2. The summed E-state index contributed by atoms with van der Waals surface area (Å²) in [6, 6.07) is 8.61. The highest BCUT2D eigenvalue weighted by Gasteiger charge is 2.23. The van der Waals surface area contributed by atoms with Crippen LogP contribution in [0, 0.1) is 18.6 Å². The summed E-state index contributed by atoms with van der Waals surface area (Å²) in [5.41, 5.74) is 3.10. The van der Waals surface area contributed by atoms with Crippen LogP contribution in [0.3, 0.4) is 0 Å². The normalized spacial score (nSPS) is 13.6. The van der Waals surface area contributed by atoms with Crippen LogP contribution in [0.1, 0.15) is 50.8 Å². The lowest BCUT2D eigenvalue weighted by Gasteiger charge is -2.35. The maximum atomic E-state index is 15.2. The SMILES string of the molecule is CCCCOC(=O)N1CCN(c2ccc(Nc3ncc(F)c(-c4cc(F)c5nc(C)cc(C(C)C)c5c4)n3)nc2)CC1. The Morgan fingerprint density at radius 1 is 1.02 bits per heavy atom. The fourth-order valence-corrected chi connectivity index (χ4v) is 4.99. The van der Waals surface area contributed by atoms with Crippen molar-refractivity contribution in [3.05, 3.63) is 65.6 Å². The van der Waals surface area contributed by atoms with E-state index in [1.807, 2.05) is 32.9 Å². The van der Waals surface area contributed by atoms with E-state index in [1.54, 1.807) is 23.2 Å². The molecule has 0 saturated carbocycles. The Bertz CT molecular complexity index is 1570. The van der Waals surface area contributed by atoms with Crippen molar-refractivity contribution in [2.24, 2.45) is 0 Å². The predicted octanol–water partition coefficient (Wildman–Crippen LogP) is 6.60. The molecule has 0 spiro atoms. The molecule has 4 aromatic rings. The largest absolute Gasteiger partial charge is 0.449 e. The van der Waals surface area contributed by atoms with Crippen molar-refractivity contribution in [2.45, 2.75) is 46.5 Å². The number of hydrogen-bond acceptors (Lipinski definition) is 8. The van der Waals surface area contributed by atoms with Gasteiger partial charge in [0.2, 0.25) is 5.95 Å². The summed E-state index contributed by atoms with van der Waals surface area (Å²) < 4.78 is 35.4. The van der Waals surface area contributed by atoms with Gasteiger partial charge < -0.3 is 19.9 Å². The lowest BCUT2D eigenvalue weighted by Crippen LogP contribution is -2.49. The van der Waals surface area contributed by atoms with Crippen molar-refractivity contribution in [1.82, 2.24) is 24.8 Å². The van der Waals surface area contributed by atoms with Crippen LogP contribution in [-0.4, -0.2) is 63.7 Å². The van der Waals surface area contributed by atoms with Gasteiger partial charge in [-0.05, 0) is 55.2 Å². The number of nitrogens with zero attached hydrogens (tertiary/aromatic N) is 6. The van der Waals surface area contributed by atoms with Gasteiger partial charge in [0.25, 0.3) is 0 Å². The molecule has 0 unspecified atom stereocenters. The molecule has 5 rings (SSSR count). The highest BCUT2D eigenvalue weighted by atomic mass is 19.1. The van der Waals surface area contributed by atoms with Gasteiger partial charge in [0.15, 0.2) is 5.82 Å². The van der Waals surface area contributed by atoms with Crippen LogP contribution in [0.2, 0.25) is 0 Å². The minimum absolute atomic E-state index is 0.0220. The first kappa shape index (κ1) is 29.1. The Morgan fingerprint density at radius 2 is 1.81 bits per heavy atom. The Labute approximate surface area is 244 Å². The van der Waals surface area contributed by atoms with Gasteiger partial charge in [-0.2, -0.15) is 0 Å². The van der Waals surface area contributed by atoms with E-state index in [4.69, 9.17) is 4.74 Å². The smallest absolute Gasteiger partial charge is 0.409 e. The number of carbonyl (C=O) groups excluding carboxylic acids is 1. The number of hydrogen-bond donors (Lipinski definition) is 1. The van der Waals surface area contributed by atoms with Crippen LogP contribution in [-0.2, 0) is 4.74 Å². The van der Waals surface area contributed by atoms with Crippen LogP contribution in [0.15, 0.2) is 42.7 Å². The van der Waals surface area contributed by atoms with Gasteiger partial charge in [-0.15, -0.1) is 0 Å². The quantitative estimate of drug-likeness (QED) is 0.235.